The molecule has 118 valence electrons. The van der Waals surface area contributed by atoms with Gasteiger partial charge in [-0.1, -0.05) is 11.3 Å². The minimum absolute atomic E-state index is 0.170. The molecule has 3 rings (SSSR count). The van der Waals surface area contributed by atoms with Gasteiger partial charge < -0.3 is 14.4 Å². The number of aromatic nitrogens is 1. The van der Waals surface area contributed by atoms with Gasteiger partial charge in [-0.15, -0.1) is 0 Å². The molecular formula is C13H17F3N2O2S. The Labute approximate surface area is 124 Å². The highest BCUT2D eigenvalue weighted by Gasteiger charge is 2.37. The van der Waals surface area contributed by atoms with E-state index in [4.69, 9.17) is 9.47 Å². The summed E-state index contributed by atoms with van der Waals surface area (Å²) in [5.74, 6) is 0. The van der Waals surface area contributed by atoms with Gasteiger partial charge in [0.15, 0.2) is 5.13 Å². The van der Waals surface area contributed by atoms with Crippen LogP contribution in [0.1, 0.15) is 24.1 Å². The van der Waals surface area contributed by atoms with Crippen molar-refractivity contribution in [2.45, 2.75) is 31.0 Å². The van der Waals surface area contributed by atoms with Crippen LogP contribution in [-0.4, -0.2) is 43.5 Å². The summed E-state index contributed by atoms with van der Waals surface area (Å²) in [4.78, 5) is 5.17. The van der Waals surface area contributed by atoms with E-state index < -0.39 is 11.1 Å². The van der Waals surface area contributed by atoms with Crippen molar-refractivity contribution in [3.8, 4) is 0 Å². The molecule has 2 fully saturated rings. The molecule has 0 atom stereocenters. The summed E-state index contributed by atoms with van der Waals surface area (Å²) in [5.41, 5.74) is -0.170. The molecule has 1 aromatic heterocycles. The molecular weight excluding hydrogens is 305 g/mol. The van der Waals surface area contributed by atoms with Crippen molar-refractivity contribution in [3.05, 3.63) is 11.1 Å². The average Bonchev–Trinajstić information content (AvgIpc) is 2.86. The van der Waals surface area contributed by atoms with E-state index in [1.807, 2.05) is 4.90 Å². The Morgan fingerprint density at radius 3 is 2.57 bits per heavy atom. The van der Waals surface area contributed by atoms with E-state index >= 15 is 0 Å². The van der Waals surface area contributed by atoms with E-state index in [1.54, 1.807) is 0 Å². The Morgan fingerprint density at radius 2 is 1.90 bits per heavy atom. The summed E-state index contributed by atoms with van der Waals surface area (Å²) >= 11 is 0.700. The van der Waals surface area contributed by atoms with Crippen LogP contribution in [0.15, 0.2) is 6.20 Å². The highest BCUT2D eigenvalue weighted by molar-refractivity contribution is 7.15. The normalized spacial score (nSPS) is 23.3. The van der Waals surface area contributed by atoms with Crippen molar-refractivity contribution in [2.24, 2.45) is 0 Å². The van der Waals surface area contributed by atoms with Gasteiger partial charge in [0.1, 0.15) is 4.88 Å². The summed E-state index contributed by atoms with van der Waals surface area (Å²) < 4.78 is 49.3. The highest BCUT2D eigenvalue weighted by atomic mass is 32.1. The van der Waals surface area contributed by atoms with Gasteiger partial charge in [0, 0.05) is 26.3 Å². The van der Waals surface area contributed by atoms with E-state index in [2.05, 4.69) is 4.98 Å². The summed E-state index contributed by atoms with van der Waals surface area (Å²) in [6.45, 7) is 3.14. The first kappa shape index (κ1) is 15.1. The lowest BCUT2D eigenvalue weighted by atomic mass is 9.90. The Kier molecular flexibility index (Phi) is 4.11. The standard InChI is InChI=1S/C13H17F3N2O2S/c14-13(15,16)10-9-17-11(21-10)18-4-1-12(20-8-5-18)2-6-19-7-3-12/h9H,1-8H2. The number of hydrogen-bond acceptors (Lipinski definition) is 5. The number of anilines is 1. The second-order valence-corrected chi connectivity index (χ2v) is 6.39. The Bertz CT molecular complexity index is 486. The molecule has 0 radical (unpaired) electrons. The Balaban J connectivity index is 1.68. The largest absolute Gasteiger partial charge is 0.427 e. The van der Waals surface area contributed by atoms with Crippen molar-refractivity contribution < 1.29 is 22.6 Å². The molecule has 2 saturated heterocycles. The van der Waals surface area contributed by atoms with Crippen molar-refractivity contribution in [2.75, 3.05) is 37.8 Å². The molecule has 0 N–H and O–H groups in total. The molecule has 0 aliphatic carbocycles. The first-order valence-corrected chi connectivity index (χ1v) is 7.80. The smallest absolute Gasteiger partial charge is 0.381 e. The lowest BCUT2D eigenvalue weighted by Gasteiger charge is -2.35. The molecule has 0 amide bonds. The second-order valence-electron chi connectivity index (χ2n) is 5.39. The summed E-state index contributed by atoms with van der Waals surface area (Å²) in [6.07, 6.45) is -0.896. The zero-order chi connectivity index (χ0) is 14.9. The van der Waals surface area contributed by atoms with Crippen molar-refractivity contribution in [1.82, 2.24) is 4.98 Å². The maximum atomic E-state index is 12.6. The lowest BCUT2D eigenvalue weighted by molar-refractivity contribution is -0.134. The first-order valence-electron chi connectivity index (χ1n) is 6.98. The molecule has 1 spiro atoms. The fourth-order valence-electron chi connectivity index (χ4n) is 2.77. The quantitative estimate of drug-likeness (QED) is 0.796. The maximum absolute atomic E-state index is 12.6. The summed E-state index contributed by atoms with van der Waals surface area (Å²) in [5, 5.41) is 0.426. The van der Waals surface area contributed by atoms with Gasteiger partial charge in [-0.05, 0) is 19.3 Å². The number of nitrogens with zero attached hydrogens (tertiary/aromatic N) is 2. The third kappa shape index (κ3) is 3.32. The number of hydrogen-bond donors (Lipinski definition) is 0. The lowest BCUT2D eigenvalue weighted by Crippen LogP contribution is -2.39. The fourth-order valence-corrected chi connectivity index (χ4v) is 3.60. The van der Waals surface area contributed by atoms with Crippen LogP contribution in [0, 0.1) is 0 Å². The SMILES string of the molecule is FC(F)(F)c1cnc(N2CCOC3(CCOCC3)CC2)s1. The third-order valence-electron chi connectivity index (χ3n) is 4.05. The Morgan fingerprint density at radius 1 is 1.14 bits per heavy atom. The second kappa shape index (κ2) is 5.73. The predicted molar refractivity (Wildman–Crippen MR) is 72.7 cm³/mol. The molecule has 0 bridgehead atoms. The number of alkyl halides is 3. The van der Waals surface area contributed by atoms with Crippen LogP contribution in [0.3, 0.4) is 0 Å². The van der Waals surface area contributed by atoms with Gasteiger partial charge >= 0.3 is 6.18 Å². The fraction of sp³-hybridized carbons (Fsp3) is 0.769. The van der Waals surface area contributed by atoms with Gasteiger partial charge in [-0.2, -0.15) is 13.2 Å². The van der Waals surface area contributed by atoms with E-state index in [9.17, 15) is 13.2 Å². The molecule has 21 heavy (non-hydrogen) atoms. The van der Waals surface area contributed by atoms with Crippen molar-refractivity contribution >= 4 is 16.5 Å². The number of ether oxygens (including phenoxy) is 2. The summed E-state index contributed by atoms with van der Waals surface area (Å²) in [6, 6.07) is 0. The van der Waals surface area contributed by atoms with Gasteiger partial charge in [0.05, 0.1) is 18.4 Å². The zero-order valence-electron chi connectivity index (χ0n) is 11.5. The third-order valence-corrected chi connectivity index (χ3v) is 5.16. The number of thiazole rings is 1. The maximum Gasteiger partial charge on any atom is 0.427 e. The molecule has 0 unspecified atom stereocenters. The van der Waals surface area contributed by atoms with Crippen LogP contribution in [0.25, 0.3) is 0 Å². The van der Waals surface area contributed by atoms with Crippen LogP contribution in [0.5, 0.6) is 0 Å². The van der Waals surface area contributed by atoms with E-state index in [-0.39, 0.29) is 5.60 Å². The molecule has 2 aliphatic heterocycles. The van der Waals surface area contributed by atoms with Gasteiger partial charge in [0.25, 0.3) is 0 Å². The molecule has 4 nitrogen and oxygen atoms in total. The molecule has 0 saturated carbocycles. The van der Waals surface area contributed by atoms with E-state index in [1.165, 1.54) is 0 Å². The number of rotatable bonds is 1. The average molecular weight is 322 g/mol. The van der Waals surface area contributed by atoms with Crippen LogP contribution in [-0.2, 0) is 15.7 Å². The molecule has 0 aromatic carbocycles. The zero-order valence-corrected chi connectivity index (χ0v) is 12.3. The number of halogens is 3. The molecule has 8 heteroatoms. The topological polar surface area (TPSA) is 34.6 Å². The minimum atomic E-state index is -4.32. The highest BCUT2D eigenvalue weighted by Crippen LogP contribution is 2.37. The monoisotopic (exact) mass is 322 g/mol. The minimum Gasteiger partial charge on any atom is -0.381 e. The van der Waals surface area contributed by atoms with Crippen LogP contribution >= 0.6 is 11.3 Å². The molecule has 3 heterocycles. The van der Waals surface area contributed by atoms with E-state index in [0.717, 1.165) is 25.5 Å². The van der Waals surface area contributed by atoms with Crippen molar-refractivity contribution in [1.29, 1.82) is 0 Å². The van der Waals surface area contributed by atoms with Gasteiger partial charge in [-0.3, -0.25) is 0 Å². The van der Waals surface area contributed by atoms with Crippen LogP contribution < -0.4 is 4.90 Å². The Hall–Kier alpha value is -0.860. The van der Waals surface area contributed by atoms with Gasteiger partial charge in [0.2, 0.25) is 0 Å². The van der Waals surface area contributed by atoms with Crippen LogP contribution in [0.4, 0.5) is 18.3 Å². The summed E-state index contributed by atoms with van der Waals surface area (Å²) in [7, 11) is 0. The van der Waals surface area contributed by atoms with E-state index in [0.29, 0.717) is 49.4 Å². The van der Waals surface area contributed by atoms with Crippen molar-refractivity contribution in [3.63, 3.8) is 0 Å². The van der Waals surface area contributed by atoms with Crippen LogP contribution in [0.2, 0.25) is 0 Å². The molecule has 1 aromatic rings. The molecule has 2 aliphatic rings. The predicted octanol–water partition coefficient (Wildman–Crippen LogP) is 2.94. The first-order chi connectivity index (χ1) is 9.99. The van der Waals surface area contributed by atoms with Gasteiger partial charge in [-0.25, -0.2) is 4.98 Å².